The Morgan fingerprint density at radius 3 is 2.50 bits per heavy atom. The number of rotatable bonds is 7. The number of hydrogen-bond donors (Lipinski definition) is 1. The molecular weight excluding hydrogens is 426 g/mol. The largest absolute Gasteiger partial charge is 0.463 e. The summed E-state index contributed by atoms with van der Waals surface area (Å²) in [4.78, 5) is 18.0. The van der Waals surface area contributed by atoms with Gasteiger partial charge in [-0.3, -0.25) is 4.79 Å². The van der Waals surface area contributed by atoms with Crippen LogP contribution in [-0.2, 0) is 10.0 Å². The van der Waals surface area contributed by atoms with Crippen molar-refractivity contribution >= 4 is 32.5 Å². The third-order valence-electron chi connectivity index (χ3n) is 5.17. The highest BCUT2D eigenvalue weighted by Crippen LogP contribution is 2.26. The molecule has 0 atom stereocenters. The summed E-state index contributed by atoms with van der Waals surface area (Å²) in [5.41, 5.74) is 2.00. The normalized spacial score (nSPS) is 11.7. The fourth-order valence-electron chi connectivity index (χ4n) is 3.56. The summed E-state index contributed by atoms with van der Waals surface area (Å²) >= 11 is 0. The molecule has 0 saturated carbocycles. The maximum atomic E-state index is 13.2. The second-order valence-corrected chi connectivity index (χ2v) is 9.06. The number of carbonyl (C=O) groups excluding carboxylic acids is 1. The van der Waals surface area contributed by atoms with E-state index in [0.717, 1.165) is 0 Å². The molecule has 0 aliphatic heterocycles. The Labute approximate surface area is 186 Å². The van der Waals surface area contributed by atoms with E-state index in [1.807, 2.05) is 24.3 Å². The molecule has 0 fully saturated rings. The fraction of sp³-hybridized carbons (Fsp3) is 0.167. The van der Waals surface area contributed by atoms with Crippen molar-refractivity contribution in [2.75, 3.05) is 18.4 Å². The molecule has 0 aliphatic carbocycles. The number of furan rings is 1. The first-order chi connectivity index (χ1) is 15.4. The average molecular weight is 450 g/mol. The molecule has 0 radical (unpaired) electrons. The number of pyridine rings is 1. The van der Waals surface area contributed by atoms with Crippen molar-refractivity contribution in [1.82, 2.24) is 9.29 Å². The zero-order chi connectivity index (χ0) is 22.7. The van der Waals surface area contributed by atoms with Gasteiger partial charge in [0.1, 0.15) is 5.69 Å². The van der Waals surface area contributed by atoms with Crippen LogP contribution in [0.15, 0.2) is 82.3 Å². The predicted octanol–water partition coefficient (Wildman–Crippen LogP) is 4.78. The summed E-state index contributed by atoms with van der Waals surface area (Å²) in [6.45, 7) is 4.32. The summed E-state index contributed by atoms with van der Waals surface area (Å²) in [7, 11) is -3.64. The molecule has 7 nitrogen and oxygen atoms in total. The molecular formula is C24H23N3O4S. The highest BCUT2D eigenvalue weighted by Gasteiger charge is 2.22. The third-order valence-corrected chi connectivity index (χ3v) is 7.22. The minimum atomic E-state index is -3.64. The molecule has 0 saturated heterocycles. The van der Waals surface area contributed by atoms with Gasteiger partial charge in [-0.25, -0.2) is 13.4 Å². The van der Waals surface area contributed by atoms with Crippen molar-refractivity contribution in [2.45, 2.75) is 18.7 Å². The number of carbonyl (C=O) groups is 1. The second-order valence-electron chi connectivity index (χ2n) is 7.12. The van der Waals surface area contributed by atoms with E-state index >= 15 is 0 Å². The number of benzene rings is 2. The third kappa shape index (κ3) is 4.15. The van der Waals surface area contributed by atoms with Crippen LogP contribution >= 0.6 is 0 Å². The van der Waals surface area contributed by atoms with Gasteiger partial charge in [-0.05, 0) is 42.5 Å². The number of amides is 1. The van der Waals surface area contributed by atoms with Gasteiger partial charge in [-0.1, -0.05) is 38.1 Å². The number of aromatic nitrogens is 1. The molecule has 8 heteroatoms. The molecule has 2 aromatic carbocycles. The van der Waals surface area contributed by atoms with Gasteiger partial charge in [0, 0.05) is 24.2 Å². The molecule has 2 aromatic heterocycles. The van der Waals surface area contributed by atoms with Crippen molar-refractivity contribution in [1.29, 1.82) is 0 Å². The van der Waals surface area contributed by atoms with Gasteiger partial charge in [-0.15, -0.1) is 0 Å². The van der Waals surface area contributed by atoms with Crippen LogP contribution in [-0.4, -0.2) is 36.7 Å². The molecule has 164 valence electrons. The molecule has 2 heterocycles. The zero-order valence-electron chi connectivity index (χ0n) is 17.8. The second kappa shape index (κ2) is 8.94. The van der Waals surface area contributed by atoms with Gasteiger partial charge < -0.3 is 9.73 Å². The highest BCUT2D eigenvalue weighted by atomic mass is 32.2. The molecule has 0 bridgehead atoms. The van der Waals surface area contributed by atoms with E-state index in [1.165, 1.54) is 16.4 Å². The molecule has 4 aromatic rings. The van der Waals surface area contributed by atoms with Crippen molar-refractivity contribution in [3.05, 3.63) is 78.6 Å². The minimum Gasteiger partial charge on any atom is -0.463 e. The smallest absolute Gasteiger partial charge is 0.256 e. The van der Waals surface area contributed by atoms with E-state index in [2.05, 4.69) is 10.3 Å². The van der Waals surface area contributed by atoms with E-state index < -0.39 is 10.0 Å². The lowest BCUT2D eigenvalue weighted by Gasteiger charge is -2.19. The standard InChI is InChI=1S/C24H23N3O4S/c1-3-27(4-2)32(29,30)18-10-7-9-17(15-18)25-24(28)20-16-22(23-13-8-14-31-23)26-21-12-6-5-11-19(20)21/h5-16H,3-4H2,1-2H3,(H,25,28). The highest BCUT2D eigenvalue weighted by molar-refractivity contribution is 7.89. The monoisotopic (exact) mass is 449 g/mol. The Balaban J connectivity index is 1.71. The molecule has 0 unspecified atom stereocenters. The van der Waals surface area contributed by atoms with Gasteiger partial charge in [0.25, 0.3) is 5.91 Å². The lowest BCUT2D eigenvalue weighted by Crippen LogP contribution is -2.30. The maximum Gasteiger partial charge on any atom is 0.256 e. The molecule has 4 rings (SSSR count). The lowest BCUT2D eigenvalue weighted by molar-refractivity contribution is 0.102. The minimum absolute atomic E-state index is 0.134. The first kappa shape index (κ1) is 21.7. The van der Waals surface area contributed by atoms with E-state index in [1.54, 1.807) is 50.4 Å². The van der Waals surface area contributed by atoms with Gasteiger partial charge in [-0.2, -0.15) is 4.31 Å². The van der Waals surface area contributed by atoms with E-state index in [0.29, 0.717) is 46.7 Å². The molecule has 0 aliphatic rings. The average Bonchev–Trinajstić information content (AvgIpc) is 3.34. The molecule has 1 amide bonds. The van der Waals surface area contributed by atoms with Crippen LogP contribution in [0, 0.1) is 0 Å². The predicted molar refractivity (Wildman–Crippen MR) is 124 cm³/mol. The number of para-hydroxylation sites is 1. The molecule has 32 heavy (non-hydrogen) atoms. The summed E-state index contributed by atoms with van der Waals surface area (Å²) in [6.07, 6.45) is 1.55. The number of nitrogens with zero attached hydrogens (tertiary/aromatic N) is 2. The summed E-state index contributed by atoms with van der Waals surface area (Å²) in [5, 5.41) is 3.52. The Kier molecular flexibility index (Phi) is 6.07. The Morgan fingerprint density at radius 1 is 1.00 bits per heavy atom. The summed E-state index contributed by atoms with van der Waals surface area (Å²) < 4.78 is 32.5. The van der Waals surface area contributed by atoms with Crippen LogP contribution in [0.5, 0.6) is 0 Å². The fourth-order valence-corrected chi connectivity index (χ4v) is 5.06. The van der Waals surface area contributed by atoms with Gasteiger partial charge in [0.15, 0.2) is 5.76 Å². The maximum absolute atomic E-state index is 13.2. The van der Waals surface area contributed by atoms with Crippen molar-refractivity contribution in [2.24, 2.45) is 0 Å². The topological polar surface area (TPSA) is 92.5 Å². The van der Waals surface area contributed by atoms with Crippen molar-refractivity contribution in [3.8, 4) is 11.5 Å². The van der Waals surface area contributed by atoms with Gasteiger partial charge in [0.05, 0.1) is 22.2 Å². The van der Waals surface area contributed by atoms with Crippen LogP contribution in [0.25, 0.3) is 22.4 Å². The molecule has 1 N–H and O–H groups in total. The van der Waals surface area contributed by atoms with E-state index in [9.17, 15) is 13.2 Å². The van der Waals surface area contributed by atoms with Crippen molar-refractivity contribution < 1.29 is 17.6 Å². The Hall–Kier alpha value is -3.49. The first-order valence-electron chi connectivity index (χ1n) is 10.3. The number of hydrogen-bond acceptors (Lipinski definition) is 5. The van der Waals surface area contributed by atoms with Crippen LogP contribution in [0.2, 0.25) is 0 Å². The van der Waals surface area contributed by atoms with Crippen molar-refractivity contribution in [3.63, 3.8) is 0 Å². The summed E-state index contributed by atoms with van der Waals surface area (Å²) in [6, 6.07) is 18.8. The summed E-state index contributed by atoms with van der Waals surface area (Å²) in [5.74, 6) is 0.186. The Bertz CT molecular complexity index is 1360. The number of nitrogens with one attached hydrogen (secondary N) is 1. The van der Waals surface area contributed by atoms with E-state index in [-0.39, 0.29) is 10.8 Å². The van der Waals surface area contributed by atoms with Gasteiger partial charge >= 0.3 is 0 Å². The van der Waals surface area contributed by atoms with Crippen LogP contribution in [0.4, 0.5) is 5.69 Å². The quantitative estimate of drug-likeness (QED) is 0.438. The molecule has 0 spiro atoms. The number of sulfonamides is 1. The lowest BCUT2D eigenvalue weighted by atomic mass is 10.1. The van der Waals surface area contributed by atoms with Crippen LogP contribution in [0.1, 0.15) is 24.2 Å². The first-order valence-corrected chi connectivity index (χ1v) is 11.7. The van der Waals surface area contributed by atoms with E-state index in [4.69, 9.17) is 4.42 Å². The Morgan fingerprint density at radius 2 is 1.78 bits per heavy atom. The number of anilines is 1. The zero-order valence-corrected chi connectivity index (χ0v) is 18.6. The van der Waals surface area contributed by atoms with Gasteiger partial charge in [0.2, 0.25) is 10.0 Å². The SMILES string of the molecule is CCN(CC)S(=O)(=O)c1cccc(NC(=O)c2cc(-c3ccco3)nc3ccccc23)c1. The van der Waals surface area contributed by atoms with Crippen LogP contribution < -0.4 is 5.32 Å². The van der Waals surface area contributed by atoms with Crippen LogP contribution in [0.3, 0.4) is 0 Å². The number of fused-ring (bicyclic) bond motifs is 1.